The molecule has 3 N–H and O–H groups in total. The highest BCUT2D eigenvalue weighted by Crippen LogP contribution is 2.37. The Hall–Kier alpha value is -1.46. The summed E-state index contributed by atoms with van der Waals surface area (Å²) in [6.45, 7) is 3.97. The van der Waals surface area contributed by atoms with Crippen LogP contribution in [0.5, 0.6) is 0 Å². The number of carboxylic acid groups (broad SMARTS) is 1. The van der Waals surface area contributed by atoms with Crippen molar-refractivity contribution in [3.05, 3.63) is 23.3 Å². The van der Waals surface area contributed by atoms with Gasteiger partial charge in [0.2, 0.25) is 0 Å². The third-order valence-electron chi connectivity index (χ3n) is 5.51. The molecule has 1 aliphatic carbocycles. The number of carboxylic acids is 1. The van der Waals surface area contributed by atoms with Crippen LogP contribution in [0.15, 0.2) is 23.3 Å². The van der Waals surface area contributed by atoms with Crippen LogP contribution in [0, 0.1) is 5.92 Å². The Bertz CT molecular complexity index is 549. The highest BCUT2D eigenvalue weighted by Gasteiger charge is 2.33. The summed E-state index contributed by atoms with van der Waals surface area (Å²) in [5.74, 6) is -0.871. The van der Waals surface area contributed by atoms with E-state index >= 15 is 0 Å². The minimum atomic E-state index is -0.764. The Morgan fingerprint density at radius 1 is 1.11 bits per heavy atom. The first-order valence-corrected chi connectivity index (χ1v) is 10.9. The molecular weight excluding hydrogens is 356 g/mol. The molecule has 0 aromatic carbocycles. The zero-order valence-corrected chi connectivity index (χ0v) is 17.5. The van der Waals surface area contributed by atoms with Crippen molar-refractivity contribution in [2.75, 3.05) is 0 Å². The molecule has 0 bridgehead atoms. The summed E-state index contributed by atoms with van der Waals surface area (Å²) in [6.07, 6.45) is 11.5. The fraction of sp³-hybridized carbons (Fsp3) is 0.739. The monoisotopic (exact) mass is 394 g/mol. The molecule has 0 unspecified atom stereocenters. The number of unbranched alkanes of at least 4 members (excludes halogenated alkanes) is 5. The van der Waals surface area contributed by atoms with E-state index in [0.29, 0.717) is 19.3 Å². The molecule has 0 heterocycles. The predicted molar refractivity (Wildman–Crippen MR) is 111 cm³/mol. The second-order valence-electron chi connectivity index (χ2n) is 7.83. The van der Waals surface area contributed by atoms with Gasteiger partial charge in [-0.15, -0.1) is 0 Å². The van der Waals surface area contributed by atoms with E-state index in [1.54, 1.807) is 6.08 Å². The number of Topliss-reactive ketones (excluding diaryl/α,β-unsaturated/α-hetero) is 1. The Balaban J connectivity index is 2.69. The molecule has 3 atom stereocenters. The third kappa shape index (κ3) is 8.70. The Morgan fingerprint density at radius 2 is 1.82 bits per heavy atom. The molecule has 0 spiro atoms. The Morgan fingerprint density at radius 3 is 2.46 bits per heavy atom. The molecule has 28 heavy (non-hydrogen) atoms. The van der Waals surface area contributed by atoms with E-state index in [-0.39, 0.29) is 18.1 Å². The molecule has 5 heteroatoms. The average molecular weight is 395 g/mol. The Kier molecular flexibility index (Phi) is 12.0. The number of carbonyl (C=O) groups is 2. The maximum Gasteiger partial charge on any atom is 0.303 e. The highest BCUT2D eigenvalue weighted by atomic mass is 16.4. The minimum absolute atomic E-state index is 0.0966. The zero-order chi connectivity index (χ0) is 20.9. The van der Waals surface area contributed by atoms with Crippen LogP contribution in [0.4, 0.5) is 0 Å². The lowest BCUT2D eigenvalue weighted by Gasteiger charge is -2.16. The van der Waals surface area contributed by atoms with E-state index in [1.807, 2.05) is 13.0 Å². The van der Waals surface area contributed by atoms with Gasteiger partial charge in [0.05, 0.1) is 12.2 Å². The number of hydrogen-bond acceptors (Lipinski definition) is 4. The van der Waals surface area contributed by atoms with Crippen LogP contribution in [-0.2, 0) is 9.59 Å². The van der Waals surface area contributed by atoms with Gasteiger partial charge in [0, 0.05) is 25.2 Å². The van der Waals surface area contributed by atoms with Crippen LogP contribution in [0.2, 0.25) is 0 Å². The fourth-order valence-corrected chi connectivity index (χ4v) is 3.86. The second kappa shape index (κ2) is 13.7. The van der Waals surface area contributed by atoms with Gasteiger partial charge in [-0.25, -0.2) is 0 Å². The van der Waals surface area contributed by atoms with Gasteiger partial charge in [-0.1, -0.05) is 63.7 Å². The maximum absolute atomic E-state index is 12.3. The zero-order valence-electron chi connectivity index (χ0n) is 17.5. The summed E-state index contributed by atoms with van der Waals surface area (Å²) in [4.78, 5) is 22.9. The van der Waals surface area contributed by atoms with Crippen molar-refractivity contribution in [1.82, 2.24) is 0 Å². The van der Waals surface area contributed by atoms with Gasteiger partial charge in [0.25, 0.3) is 0 Å². The van der Waals surface area contributed by atoms with Crippen molar-refractivity contribution in [1.29, 1.82) is 0 Å². The summed E-state index contributed by atoms with van der Waals surface area (Å²) < 4.78 is 0. The largest absolute Gasteiger partial charge is 0.481 e. The average Bonchev–Trinajstić information content (AvgIpc) is 2.97. The van der Waals surface area contributed by atoms with Gasteiger partial charge in [0.15, 0.2) is 5.78 Å². The molecule has 0 radical (unpaired) electrons. The molecule has 0 amide bonds. The van der Waals surface area contributed by atoms with Gasteiger partial charge in [-0.2, -0.15) is 0 Å². The number of carbonyl (C=O) groups excluding carboxylic acids is 1. The molecule has 5 nitrogen and oxygen atoms in total. The summed E-state index contributed by atoms with van der Waals surface area (Å²) >= 11 is 0. The molecule has 0 aliphatic heterocycles. The van der Waals surface area contributed by atoms with E-state index in [4.69, 9.17) is 5.11 Å². The van der Waals surface area contributed by atoms with Crippen molar-refractivity contribution < 1.29 is 24.9 Å². The lowest BCUT2D eigenvalue weighted by Crippen LogP contribution is -2.15. The Labute approximate surface area is 169 Å². The van der Waals surface area contributed by atoms with E-state index in [9.17, 15) is 19.8 Å². The third-order valence-corrected chi connectivity index (χ3v) is 5.51. The predicted octanol–water partition coefficient (Wildman–Crippen LogP) is 4.57. The van der Waals surface area contributed by atoms with Gasteiger partial charge in [-0.05, 0) is 31.3 Å². The number of rotatable bonds is 15. The maximum atomic E-state index is 12.3. The number of aliphatic carboxylic acids is 1. The van der Waals surface area contributed by atoms with E-state index in [0.717, 1.165) is 62.5 Å². The summed E-state index contributed by atoms with van der Waals surface area (Å²) in [5.41, 5.74) is 1.77. The molecule has 1 rings (SSSR count). The fourth-order valence-electron chi connectivity index (χ4n) is 3.86. The first-order chi connectivity index (χ1) is 13.4. The van der Waals surface area contributed by atoms with Crippen molar-refractivity contribution in [2.45, 2.75) is 103 Å². The number of aliphatic hydroxyl groups is 2. The van der Waals surface area contributed by atoms with Crippen LogP contribution in [0.25, 0.3) is 0 Å². The number of aliphatic hydroxyl groups excluding tert-OH is 2. The second-order valence-corrected chi connectivity index (χ2v) is 7.83. The number of ketones is 1. The van der Waals surface area contributed by atoms with Crippen molar-refractivity contribution in [3.63, 3.8) is 0 Å². The van der Waals surface area contributed by atoms with Crippen LogP contribution < -0.4 is 0 Å². The van der Waals surface area contributed by atoms with Crippen LogP contribution in [0.1, 0.15) is 90.9 Å². The highest BCUT2D eigenvalue weighted by molar-refractivity contribution is 5.96. The molecule has 0 aromatic heterocycles. The van der Waals surface area contributed by atoms with Gasteiger partial charge < -0.3 is 15.3 Å². The molecule has 0 fully saturated rings. The topological polar surface area (TPSA) is 94.8 Å². The summed E-state index contributed by atoms with van der Waals surface area (Å²) in [6, 6.07) is 0. The summed E-state index contributed by atoms with van der Waals surface area (Å²) in [5, 5.41) is 29.4. The van der Waals surface area contributed by atoms with Crippen LogP contribution >= 0.6 is 0 Å². The first kappa shape index (κ1) is 24.6. The van der Waals surface area contributed by atoms with Crippen molar-refractivity contribution in [3.8, 4) is 0 Å². The van der Waals surface area contributed by atoms with E-state index < -0.39 is 18.2 Å². The van der Waals surface area contributed by atoms with Gasteiger partial charge in [-0.3, -0.25) is 9.59 Å². The smallest absolute Gasteiger partial charge is 0.303 e. The van der Waals surface area contributed by atoms with Crippen LogP contribution in [0.3, 0.4) is 0 Å². The minimum Gasteiger partial charge on any atom is -0.481 e. The number of hydrogen-bond donors (Lipinski definition) is 3. The quantitative estimate of drug-likeness (QED) is 0.279. The molecule has 0 aromatic rings. The van der Waals surface area contributed by atoms with Crippen molar-refractivity contribution >= 4 is 11.8 Å². The lowest BCUT2D eigenvalue weighted by molar-refractivity contribution is -0.137. The molecule has 0 saturated carbocycles. The van der Waals surface area contributed by atoms with E-state index in [2.05, 4.69) is 6.92 Å². The SMILES string of the molecule is CCCCC[C@H](O)C=C[C@@H]1C(CCCCCCC(=O)O)=C(C(=O)CC)C[C@H]1O. The molecule has 1 aliphatic rings. The molecule has 160 valence electrons. The summed E-state index contributed by atoms with van der Waals surface area (Å²) in [7, 11) is 0. The normalized spacial score (nSPS) is 20.9. The lowest BCUT2D eigenvalue weighted by atomic mass is 9.91. The van der Waals surface area contributed by atoms with E-state index in [1.165, 1.54) is 0 Å². The molecule has 0 saturated heterocycles. The van der Waals surface area contributed by atoms with Crippen LogP contribution in [-0.4, -0.2) is 39.3 Å². The molecular formula is C23H38O5. The first-order valence-electron chi connectivity index (χ1n) is 10.9. The van der Waals surface area contributed by atoms with Crippen molar-refractivity contribution in [2.24, 2.45) is 5.92 Å². The van der Waals surface area contributed by atoms with Gasteiger partial charge in [0.1, 0.15) is 0 Å². The standard InChI is InChI=1S/C23H38O5/c1-3-5-8-11-17(24)14-15-19-18(12-9-6-7-10-13-23(27)28)20(16-22(19)26)21(25)4-2/h14-15,17,19,22,24,26H,3-13,16H2,1-2H3,(H,27,28)/t17-,19+,22+/m0/s1. The van der Waals surface area contributed by atoms with Gasteiger partial charge >= 0.3 is 5.97 Å².